The molecule has 33 heavy (non-hydrogen) atoms. The lowest BCUT2D eigenvalue weighted by atomic mass is 10.1. The molecular formula is C25H28N4O3S. The molecule has 0 bridgehead atoms. The average Bonchev–Trinajstić information content (AvgIpc) is 2.83. The topological polar surface area (TPSA) is 90.5 Å². The molecule has 1 fully saturated rings. The molecule has 0 aliphatic carbocycles. The third-order valence-corrected chi connectivity index (χ3v) is 7.17. The van der Waals surface area contributed by atoms with E-state index in [4.69, 9.17) is 0 Å². The monoisotopic (exact) mass is 464 g/mol. The van der Waals surface area contributed by atoms with Gasteiger partial charge in [-0.3, -0.25) is 9.52 Å². The van der Waals surface area contributed by atoms with Crippen molar-refractivity contribution in [2.24, 2.45) is 0 Å². The molecule has 0 radical (unpaired) electrons. The molecule has 1 heterocycles. The summed E-state index contributed by atoms with van der Waals surface area (Å²) in [6, 6.07) is 21.6. The zero-order chi connectivity index (χ0) is 23.3. The van der Waals surface area contributed by atoms with Crippen molar-refractivity contribution in [2.45, 2.75) is 18.4 Å². The molecule has 172 valence electrons. The highest BCUT2D eigenvalue weighted by Gasteiger charge is 2.21. The highest BCUT2D eigenvalue weighted by atomic mass is 32.2. The van der Waals surface area contributed by atoms with Gasteiger partial charge in [0.05, 0.1) is 10.5 Å². The van der Waals surface area contributed by atoms with Crippen molar-refractivity contribution < 1.29 is 13.2 Å². The number of hydrogen-bond acceptors (Lipinski definition) is 5. The minimum atomic E-state index is -3.78. The van der Waals surface area contributed by atoms with Gasteiger partial charge in [0.2, 0.25) is 0 Å². The molecule has 8 heteroatoms. The van der Waals surface area contributed by atoms with E-state index in [2.05, 4.69) is 20.3 Å². The first kappa shape index (κ1) is 22.8. The Morgan fingerprint density at radius 3 is 2.39 bits per heavy atom. The predicted octanol–water partition coefficient (Wildman–Crippen LogP) is 3.14. The Morgan fingerprint density at radius 1 is 0.970 bits per heavy atom. The molecule has 3 N–H and O–H groups in total. The number of carbonyl (C=O) groups is 1. The molecule has 0 unspecified atom stereocenters. The minimum absolute atomic E-state index is 0.214. The van der Waals surface area contributed by atoms with E-state index in [1.807, 2.05) is 36.4 Å². The number of nitrogens with one attached hydrogen (secondary N) is 3. The van der Waals surface area contributed by atoms with Crippen molar-refractivity contribution in [2.75, 3.05) is 35.8 Å². The summed E-state index contributed by atoms with van der Waals surface area (Å²) in [7, 11) is -3.78. The van der Waals surface area contributed by atoms with Gasteiger partial charge in [0.25, 0.3) is 15.9 Å². The van der Waals surface area contributed by atoms with Crippen molar-refractivity contribution in [3.05, 3.63) is 89.5 Å². The molecule has 1 aliphatic rings. The normalized spacial score (nSPS) is 14.0. The van der Waals surface area contributed by atoms with Crippen LogP contribution >= 0.6 is 0 Å². The van der Waals surface area contributed by atoms with Crippen LogP contribution in [-0.2, 0) is 16.6 Å². The summed E-state index contributed by atoms with van der Waals surface area (Å²) < 4.78 is 28.6. The molecule has 7 nitrogen and oxygen atoms in total. The maximum absolute atomic E-state index is 13.2. The van der Waals surface area contributed by atoms with E-state index in [1.165, 1.54) is 0 Å². The fourth-order valence-corrected chi connectivity index (χ4v) is 5.20. The number of aryl methyl sites for hydroxylation is 1. The summed E-state index contributed by atoms with van der Waals surface area (Å²) in [5, 5.41) is 6.28. The van der Waals surface area contributed by atoms with Crippen molar-refractivity contribution in [1.82, 2.24) is 10.6 Å². The van der Waals surface area contributed by atoms with Gasteiger partial charge in [-0.1, -0.05) is 48.5 Å². The maximum Gasteiger partial charge on any atom is 0.262 e. The molecule has 0 saturated carbocycles. The van der Waals surface area contributed by atoms with Gasteiger partial charge in [-0.05, 0) is 42.3 Å². The number of rotatable bonds is 7. The van der Waals surface area contributed by atoms with E-state index in [0.717, 1.165) is 37.4 Å². The number of hydrogen-bond donors (Lipinski definition) is 3. The molecular weight excluding hydrogens is 436 g/mol. The quantitative estimate of drug-likeness (QED) is 0.500. The Morgan fingerprint density at radius 2 is 1.67 bits per heavy atom. The van der Waals surface area contributed by atoms with E-state index < -0.39 is 10.0 Å². The summed E-state index contributed by atoms with van der Waals surface area (Å²) in [4.78, 5) is 15.6. The Balaban J connectivity index is 1.62. The smallest absolute Gasteiger partial charge is 0.262 e. The number of benzene rings is 3. The minimum Gasteiger partial charge on any atom is -0.368 e. The Bertz CT molecular complexity index is 1220. The molecule has 3 aromatic carbocycles. The maximum atomic E-state index is 13.2. The number of nitrogens with zero attached hydrogens (tertiary/aromatic N) is 1. The van der Waals surface area contributed by atoms with Gasteiger partial charge in [0.1, 0.15) is 0 Å². The molecule has 4 rings (SSSR count). The lowest BCUT2D eigenvalue weighted by Gasteiger charge is -2.31. The van der Waals surface area contributed by atoms with Crippen LogP contribution in [0.5, 0.6) is 0 Å². The van der Waals surface area contributed by atoms with E-state index in [9.17, 15) is 13.2 Å². The first-order valence-corrected chi connectivity index (χ1v) is 12.4. The zero-order valence-electron chi connectivity index (χ0n) is 18.5. The molecule has 0 spiro atoms. The number of sulfonamides is 1. The van der Waals surface area contributed by atoms with Crippen LogP contribution in [0.3, 0.4) is 0 Å². The van der Waals surface area contributed by atoms with E-state index >= 15 is 0 Å². The van der Waals surface area contributed by atoms with Gasteiger partial charge in [0.15, 0.2) is 0 Å². The number of piperazine rings is 1. The van der Waals surface area contributed by atoms with Crippen molar-refractivity contribution >= 4 is 27.3 Å². The van der Waals surface area contributed by atoms with E-state index in [-0.39, 0.29) is 10.8 Å². The molecule has 0 aromatic heterocycles. The lowest BCUT2D eigenvalue weighted by Crippen LogP contribution is -2.44. The summed E-state index contributed by atoms with van der Waals surface area (Å²) in [6.45, 7) is 5.34. The third kappa shape index (κ3) is 5.53. The largest absolute Gasteiger partial charge is 0.368 e. The summed E-state index contributed by atoms with van der Waals surface area (Å²) >= 11 is 0. The molecule has 0 atom stereocenters. The molecule has 1 amide bonds. The molecule has 1 aliphatic heterocycles. The van der Waals surface area contributed by atoms with Crippen LogP contribution in [0.1, 0.15) is 21.5 Å². The van der Waals surface area contributed by atoms with Crippen LogP contribution < -0.4 is 20.3 Å². The second-order valence-electron chi connectivity index (χ2n) is 8.01. The lowest BCUT2D eigenvalue weighted by molar-refractivity contribution is 0.0951. The van der Waals surface area contributed by atoms with Crippen LogP contribution in [-0.4, -0.2) is 40.5 Å². The Hall–Kier alpha value is -3.36. The Kier molecular flexibility index (Phi) is 6.96. The summed E-state index contributed by atoms with van der Waals surface area (Å²) in [5.41, 5.74) is 3.23. The van der Waals surface area contributed by atoms with E-state index in [0.29, 0.717) is 23.4 Å². The van der Waals surface area contributed by atoms with Gasteiger partial charge >= 0.3 is 0 Å². The van der Waals surface area contributed by atoms with Gasteiger partial charge in [-0.25, -0.2) is 8.42 Å². The second-order valence-corrected chi connectivity index (χ2v) is 9.66. The van der Waals surface area contributed by atoms with Crippen LogP contribution in [0.15, 0.2) is 77.7 Å². The molecule has 1 saturated heterocycles. The standard InChI is InChI=1S/C25H28N4O3S/c1-19-7-5-6-10-24(19)33(31,32)28-21-11-12-23(29-15-13-26-14-16-29)22(17-21)25(30)27-18-20-8-3-2-4-9-20/h2-12,17,26,28H,13-16,18H2,1H3,(H,27,30). The van der Waals surface area contributed by atoms with Crippen LogP contribution in [0.25, 0.3) is 0 Å². The SMILES string of the molecule is Cc1ccccc1S(=O)(=O)Nc1ccc(N2CCNCC2)c(C(=O)NCc2ccccc2)c1. The second kappa shape index (κ2) is 10.1. The fourth-order valence-electron chi connectivity index (χ4n) is 3.90. The first-order chi connectivity index (χ1) is 15.9. The highest BCUT2D eigenvalue weighted by Crippen LogP contribution is 2.27. The van der Waals surface area contributed by atoms with Gasteiger partial charge in [0, 0.05) is 44.1 Å². The predicted molar refractivity (Wildman–Crippen MR) is 131 cm³/mol. The number of carbonyl (C=O) groups excluding carboxylic acids is 1. The Labute approximate surface area is 194 Å². The third-order valence-electron chi connectivity index (χ3n) is 5.63. The van der Waals surface area contributed by atoms with Crippen molar-refractivity contribution in [3.8, 4) is 0 Å². The first-order valence-electron chi connectivity index (χ1n) is 10.9. The summed E-state index contributed by atoms with van der Waals surface area (Å²) in [5.74, 6) is -0.246. The van der Waals surface area contributed by atoms with Crippen LogP contribution in [0.2, 0.25) is 0 Å². The number of amides is 1. The zero-order valence-corrected chi connectivity index (χ0v) is 19.4. The van der Waals surface area contributed by atoms with Gasteiger partial charge in [-0.2, -0.15) is 0 Å². The number of anilines is 2. The van der Waals surface area contributed by atoms with E-state index in [1.54, 1.807) is 43.3 Å². The summed E-state index contributed by atoms with van der Waals surface area (Å²) in [6.07, 6.45) is 0. The average molecular weight is 465 g/mol. The van der Waals surface area contributed by atoms with Crippen LogP contribution in [0.4, 0.5) is 11.4 Å². The van der Waals surface area contributed by atoms with Crippen molar-refractivity contribution in [3.63, 3.8) is 0 Å². The van der Waals surface area contributed by atoms with Gasteiger partial charge < -0.3 is 15.5 Å². The van der Waals surface area contributed by atoms with Crippen molar-refractivity contribution in [1.29, 1.82) is 0 Å². The van der Waals surface area contributed by atoms with Gasteiger partial charge in [-0.15, -0.1) is 0 Å². The fraction of sp³-hybridized carbons (Fsp3) is 0.240. The highest BCUT2D eigenvalue weighted by molar-refractivity contribution is 7.92. The molecule has 3 aromatic rings. The van der Waals surface area contributed by atoms with Crippen LogP contribution in [0, 0.1) is 6.92 Å².